The highest BCUT2D eigenvalue weighted by molar-refractivity contribution is 6.51. The summed E-state index contributed by atoms with van der Waals surface area (Å²) in [4.78, 5) is 46.9. The van der Waals surface area contributed by atoms with E-state index in [1.54, 1.807) is 30.3 Å². The largest absolute Gasteiger partial charge is 0.507 e. The second-order valence-corrected chi connectivity index (χ2v) is 8.75. The minimum Gasteiger partial charge on any atom is -0.507 e. The summed E-state index contributed by atoms with van der Waals surface area (Å²) >= 11 is 0. The average molecular weight is 514 g/mol. The number of H-pyrrole nitrogens is 1. The predicted octanol–water partition coefficient (Wildman–Crippen LogP) is 4.21. The number of carboxylic acids is 1. The van der Waals surface area contributed by atoms with Gasteiger partial charge in [-0.1, -0.05) is 29.8 Å². The molecule has 1 amide bonds. The van der Waals surface area contributed by atoms with Crippen molar-refractivity contribution in [2.24, 2.45) is 0 Å². The number of carboxylic acid groups (broad SMARTS) is 1. The first-order valence-corrected chi connectivity index (χ1v) is 11.6. The first-order chi connectivity index (χ1) is 18.2. The highest BCUT2D eigenvalue weighted by Crippen LogP contribution is 2.43. The van der Waals surface area contributed by atoms with Gasteiger partial charge in [-0.3, -0.25) is 14.5 Å². The molecule has 1 aromatic heterocycles. The molecule has 3 N–H and O–H groups in total. The fourth-order valence-electron chi connectivity index (χ4n) is 4.59. The van der Waals surface area contributed by atoms with Gasteiger partial charge >= 0.3 is 11.9 Å². The van der Waals surface area contributed by atoms with E-state index in [-0.39, 0.29) is 28.4 Å². The zero-order chi connectivity index (χ0) is 27.1. The summed E-state index contributed by atoms with van der Waals surface area (Å²) in [6.07, 6.45) is 0. The number of aromatic amines is 1. The third kappa shape index (κ3) is 4.01. The second-order valence-electron chi connectivity index (χ2n) is 8.75. The van der Waals surface area contributed by atoms with E-state index >= 15 is 0 Å². The molecule has 1 fully saturated rings. The van der Waals surface area contributed by atoms with E-state index in [9.17, 15) is 24.6 Å². The average Bonchev–Trinajstić information content (AvgIpc) is 3.45. The molecule has 2 heterocycles. The van der Waals surface area contributed by atoms with Crippen molar-refractivity contribution < 1.29 is 34.1 Å². The summed E-state index contributed by atoms with van der Waals surface area (Å²) < 4.78 is 10.7. The van der Waals surface area contributed by atoms with Gasteiger partial charge < -0.3 is 24.7 Å². The zero-order valence-electron chi connectivity index (χ0n) is 20.7. The lowest BCUT2D eigenvalue weighted by Crippen LogP contribution is -2.30. The molecule has 1 aliphatic rings. The van der Waals surface area contributed by atoms with Gasteiger partial charge in [0, 0.05) is 6.07 Å². The molecule has 0 radical (unpaired) electrons. The molecule has 0 saturated carbocycles. The lowest BCUT2D eigenvalue weighted by molar-refractivity contribution is -0.132. The monoisotopic (exact) mass is 513 g/mol. The Kier molecular flexibility index (Phi) is 6.08. The van der Waals surface area contributed by atoms with Gasteiger partial charge in [0.1, 0.15) is 17.3 Å². The topological polar surface area (TPSA) is 142 Å². The first-order valence-electron chi connectivity index (χ1n) is 11.6. The highest BCUT2D eigenvalue weighted by Gasteiger charge is 2.48. The molecule has 5 rings (SSSR count). The van der Waals surface area contributed by atoms with Crippen LogP contribution < -0.4 is 14.4 Å². The molecule has 3 aromatic carbocycles. The van der Waals surface area contributed by atoms with Crippen LogP contribution in [0, 0.1) is 6.92 Å². The third-order valence-corrected chi connectivity index (χ3v) is 6.41. The molecule has 1 unspecified atom stereocenters. The molecule has 1 saturated heterocycles. The Morgan fingerprint density at radius 2 is 1.79 bits per heavy atom. The lowest BCUT2D eigenvalue weighted by Gasteiger charge is -2.23. The Morgan fingerprint density at radius 1 is 1.00 bits per heavy atom. The maximum atomic E-state index is 13.5. The van der Waals surface area contributed by atoms with Gasteiger partial charge in [-0.15, -0.1) is 0 Å². The number of Topliss-reactive ketones (excluding diaryl/α,β-unsaturated/α-hetero) is 1. The molecule has 4 aromatic rings. The lowest BCUT2D eigenvalue weighted by atomic mass is 9.94. The Bertz CT molecular complexity index is 1650. The number of anilines is 1. The number of aromatic carboxylic acids is 1. The van der Waals surface area contributed by atoms with Crippen LogP contribution in [0.3, 0.4) is 0 Å². The maximum Gasteiger partial charge on any atom is 0.335 e. The smallest absolute Gasteiger partial charge is 0.335 e. The number of hydrogen-bond acceptors (Lipinski definition) is 7. The number of methoxy groups -OCH3 is 2. The van der Waals surface area contributed by atoms with Crippen molar-refractivity contribution >= 4 is 40.4 Å². The van der Waals surface area contributed by atoms with Crippen LogP contribution in [0.4, 0.5) is 5.95 Å². The Morgan fingerprint density at radius 3 is 2.47 bits per heavy atom. The molecule has 0 spiro atoms. The number of carbonyl (C=O) groups is 3. The van der Waals surface area contributed by atoms with Gasteiger partial charge in [0.25, 0.3) is 5.78 Å². The number of hydrogen-bond donors (Lipinski definition) is 3. The number of amides is 1. The minimum absolute atomic E-state index is 0.0385. The van der Waals surface area contributed by atoms with Crippen LogP contribution >= 0.6 is 0 Å². The summed E-state index contributed by atoms with van der Waals surface area (Å²) in [5, 5.41) is 20.8. The summed E-state index contributed by atoms with van der Waals surface area (Å²) in [7, 11) is 2.91. The van der Waals surface area contributed by atoms with E-state index in [1.165, 1.54) is 37.3 Å². The number of nitrogens with one attached hydrogen (secondary N) is 1. The number of ketones is 1. The van der Waals surface area contributed by atoms with Crippen molar-refractivity contribution in [2.75, 3.05) is 19.1 Å². The number of aliphatic hydroxyl groups is 1. The molecule has 1 atom stereocenters. The molecule has 10 heteroatoms. The van der Waals surface area contributed by atoms with E-state index in [0.29, 0.717) is 22.3 Å². The van der Waals surface area contributed by atoms with Crippen LogP contribution in [0.2, 0.25) is 0 Å². The van der Waals surface area contributed by atoms with Crippen molar-refractivity contribution in [3.05, 3.63) is 88.5 Å². The fourth-order valence-corrected chi connectivity index (χ4v) is 4.59. The number of fused-ring (bicyclic) bond motifs is 1. The Hall–Kier alpha value is -5.12. The minimum atomic E-state index is -1.11. The normalized spacial score (nSPS) is 16.7. The third-order valence-electron chi connectivity index (χ3n) is 6.41. The summed E-state index contributed by atoms with van der Waals surface area (Å²) in [6, 6.07) is 15.2. The van der Waals surface area contributed by atoms with E-state index in [2.05, 4.69) is 9.97 Å². The first kappa shape index (κ1) is 24.6. The van der Waals surface area contributed by atoms with E-state index in [4.69, 9.17) is 9.47 Å². The van der Waals surface area contributed by atoms with E-state index < -0.39 is 29.5 Å². The number of ether oxygens (including phenoxy) is 2. The number of aryl methyl sites for hydroxylation is 1. The van der Waals surface area contributed by atoms with Gasteiger partial charge in [0.05, 0.1) is 48.0 Å². The molecular formula is C28H23N3O7. The molecule has 0 bridgehead atoms. The second kappa shape index (κ2) is 9.40. The number of aromatic nitrogens is 2. The molecular weight excluding hydrogens is 490 g/mol. The Labute approximate surface area is 216 Å². The summed E-state index contributed by atoms with van der Waals surface area (Å²) in [5.41, 5.74) is 2.34. The highest BCUT2D eigenvalue weighted by atomic mass is 16.5. The van der Waals surface area contributed by atoms with Crippen LogP contribution in [-0.4, -0.2) is 52.1 Å². The van der Waals surface area contributed by atoms with Gasteiger partial charge in [-0.05, 0) is 42.8 Å². The van der Waals surface area contributed by atoms with Crippen LogP contribution in [0.5, 0.6) is 11.5 Å². The van der Waals surface area contributed by atoms with Gasteiger partial charge in [-0.2, -0.15) is 0 Å². The number of nitrogens with zero attached hydrogens (tertiary/aromatic N) is 2. The van der Waals surface area contributed by atoms with Crippen molar-refractivity contribution in [3.8, 4) is 11.5 Å². The SMILES string of the molecule is COc1ccc(/C(O)=C2\C(=O)C(=O)N(c3nc4ccc(C(=O)O)cc4[nH]3)C2c2cccc(C)c2)c(OC)c1. The molecule has 38 heavy (non-hydrogen) atoms. The molecule has 192 valence electrons. The summed E-state index contributed by atoms with van der Waals surface area (Å²) in [5.74, 6) is -2.56. The number of rotatable bonds is 6. The van der Waals surface area contributed by atoms with E-state index in [0.717, 1.165) is 5.56 Å². The standard InChI is InChI=1S/C28H23N3O7/c1-14-5-4-6-15(11-14)23-22(24(32)18-9-8-17(37-2)13-21(18)38-3)25(33)26(34)31(23)28-29-19-10-7-16(27(35)36)12-20(19)30-28/h4-13,23,32H,1-3H3,(H,29,30)(H,35,36)/b24-22+. The number of imidazole rings is 1. The number of carbonyl (C=O) groups excluding carboxylic acids is 2. The Balaban J connectivity index is 1.73. The predicted molar refractivity (Wildman–Crippen MR) is 139 cm³/mol. The van der Waals surface area contributed by atoms with Crippen molar-refractivity contribution in [3.63, 3.8) is 0 Å². The molecule has 0 aliphatic carbocycles. The quantitative estimate of drug-likeness (QED) is 0.198. The van der Waals surface area contributed by atoms with Crippen molar-refractivity contribution in [1.29, 1.82) is 0 Å². The van der Waals surface area contributed by atoms with Crippen LogP contribution in [0.25, 0.3) is 16.8 Å². The number of benzene rings is 3. The fraction of sp³-hybridized carbons (Fsp3) is 0.143. The van der Waals surface area contributed by atoms with Gasteiger partial charge in [0.2, 0.25) is 5.95 Å². The number of aliphatic hydroxyl groups excluding tert-OH is 1. The van der Waals surface area contributed by atoms with Crippen LogP contribution in [0.15, 0.2) is 66.2 Å². The zero-order valence-corrected chi connectivity index (χ0v) is 20.7. The van der Waals surface area contributed by atoms with Gasteiger partial charge in [0.15, 0.2) is 0 Å². The van der Waals surface area contributed by atoms with Gasteiger partial charge in [-0.25, -0.2) is 9.78 Å². The van der Waals surface area contributed by atoms with E-state index in [1.807, 2.05) is 19.1 Å². The van der Waals surface area contributed by atoms with Crippen molar-refractivity contribution in [2.45, 2.75) is 13.0 Å². The van der Waals surface area contributed by atoms with Crippen molar-refractivity contribution in [1.82, 2.24) is 9.97 Å². The maximum absolute atomic E-state index is 13.5. The van der Waals surface area contributed by atoms with Crippen LogP contribution in [0.1, 0.15) is 33.1 Å². The summed E-state index contributed by atoms with van der Waals surface area (Å²) in [6.45, 7) is 1.87. The van der Waals surface area contributed by atoms with Crippen LogP contribution in [-0.2, 0) is 9.59 Å². The molecule has 10 nitrogen and oxygen atoms in total. The molecule has 1 aliphatic heterocycles.